The van der Waals surface area contributed by atoms with E-state index in [1.165, 1.54) is 26.2 Å². The van der Waals surface area contributed by atoms with Crippen molar-refractivity contribution in [3.8, 4) is 11.5 Å². The van der Waals surface area contributed by atoms with E-state index >= 15 is 0 Å². The minimum atomic E-state index is -1.16. The van der Waals surface area contributed by atoms with Crippen molar-refractivity contribution in [3.05, 3.63) is 58.6 Å². The molecule has 8 nitrogen and oxygen atoms in total. The van der Waals surface area contributed by atoms with Gasteiger partial charge in [-0.1, -0.05) is 29.8 Å². The first-order valence-electron chi connectivity index (χ1n) is 9.19. The zero-order valence-electron chi connectivity index (χ0n) is 16.9. The van der Waals surface area contributed by atoms with Crippen LogP contribution in [-0.2, 0) is 16.1 Å². The predicted molar refractivity (Wildman–Crippen MR) is 111 cm³/mol. The standard InChI is InChI=1S/C21H23ClN2O6/c1-4-23-21(27)24-19(25)13(2)30-20(26)14-9-10-17(18(11-14)28-3)29-12-15-7-5-6-8-16(15)22/h5-11,13H,4,12H2,1-3H3,(H2,23,24,25,27)/t13-/m1/s1. The van der Waals surface area contributed by atoms with E-state index < -0.39 is 24.0 Å². The van der Waals surface area contributed by atoms with Gasteiger partial charge in [-0.3, -0.25) is 10.1 Å². The van der Waals surface area contributed by atoms with Crippen molar-refractivity contribution < 1.29 is 28.6 Å². The molecule has 0 saturated carbocycles. The van der Waals surface area contributed by atoms with Gasteiger partial charge in [0.05, 0.1) is 12.7 Å². The number of hydrogen-bond donors (Lipinski definition) is 2. The number of methoxy groups -OCH3 is 1. The fraction of sp³-hybridized carbons (Fsp3) is 0.286. The third kappa shape index (κ3) is 6.38. The van der Waals surface area contributed by atoms with Crippen molar-refractivity contribution in [1.82, 2.24) is 10.6 Å². The second-order valence-electron chi connectivity index (χ2n) is 6.14. The zero-order chi connectivity index (χ0) is 22.1. The van der Waals surface area contributed by atoms with Gasteiger partial charge in [-0.2, -0.15) is 0 Å². The highest BCUT2D eigenvalue weighted by Gasteiger charge is 2.21. The minimum absolute atomic E-state index is 0.162. The Balaban J connectivity index is 2.02. The molecule has 0 aliphatic rings. The number of ether oxygens (including phenoxy) is 3. The topological polar surface area (TPSA) is 103 Å². The maximum Gasteiger partial charge on any atom is 0.339 e. The largest absolute Gasteiger partial charge is 0.493 e. The molecule has 2 aromatic rings. The number of amides is 3. The predicted octanol–water partition coefficient (Wildman–Crippen LogP) is 3.32. The third-order valence-electron chi connectivity index (χ3n) is 3.97. The molecular weight excluding hydrogens is 412 g/mol. The SMILES string of the molecule is CCNC(=O)NC(=O)[C@@H](C)OC(=O)c1ccc(OCc2ccccc2Cl)c(OC)c1. The Morgan fingerprint density at radius 2 is 1.83 bits per heavy atom. The Bertz CT molecular complexity index is 918. The van der Waals surface area contributed by atoms with E-state index in [9.17, 15) is 14.4 Å². The molecule has 2 rings (SSSR count). The van der Waals surface area contributed by atoms with Gasteiger partial charge in [0.25, 0.3) is 5.91 Å². The van der Waals surface area contributed by atoms with Gasteiger partial charge in [0, 0.05) is 17.1 Å². The molecule has 3 amide bonds. The first-order chi connectivity index (χ1) is 14.3. The van der Waals surface area contributed by atoms with E-state index in [2.05, 4.69) is 10.6 Å². The fourth-order valence-electron chi connectivity index (χ4n) is 2.39. The molecule has 0 unspecified atom stereocenters. The average Bonchev–Trinajstić information content (AvgIpc) is 2.73. The number of esters is 1. The summed E-state index contributed by atoms with van der Waals surface area (Å²) in [5.74, 6) is -0.752. The number of urea groups is 1. The first kappa shape index (κ1) is 23.0. The molecule has 30 heavy (non-hydrogen) atoms. The van der Waals surface area contributed by atoms with Crippen LogP contribution in [0.1, 0.15) is 29.8 Å². The summed E-state index contributed by atoms with van der Waals surface area (Å²) in [5.41, 5.74) is 0.964. The van der Waals surface area contributed by atoms with Crippen molar-refractivity contribution in [2.45, 2.75) is 26.6 Å². The third-order valence-corrected chi connectivity index (χ3v) is 4.34. The van der Waals surface area contributed by atoms with Crippen molar-refractivity contribution in [2.24, 2.45) is 0 Å². The molecule has 160 valence electrons. The lowest BCUT2D eigenvalue weighted by Gasteiger charge is -2.15. The second kappa shape index (κ2) is 11.1. The summed E-state index contributed by atoms with van der Waals surface area (Å²) in [6.07, 6.45) is -1.16. The van der Waals surface area contributed by atoms with E-state index in [0.717, 1.165) is 5.56 Å². The van der Waals surface area contributed by atoms with Gasteiger partial charge in [-0.05, 0) is 38.1 Å². The summed E-state index contributed by atoms with van der Waals surface area (Å²) in [5, 5.41) is 5.08. The maximum atomic E-state index is 12.4. The van der Waals surface area contributed by atoms with E-state index in [0.29, 0.717) is 23.1 Å². The Morgan fingerprint density at radius 1 is 1.10 bits per heavy atom. The summed E-state index contributed by atoms with van der Waals surface area (Å²) in [4.78, 5) is 35.7. The Morgan fingerprint density at radius 3 is 2.50 bits per heavy atom. The van der Waals surface area contributed by atoms with Crippen LogP contribution in [0.25, 0.3) is 0 Å². The zero-order valence-corrected chi connectivity index (χ0v) is 17.6. The average molecular weight is 435 g/mol. The molecule has 0 saturated heterocycles. The maximum absolute atomic E-state index is 12.4. The van der Waals surface area contributed by atoms with Gasteiger partial charge in [0.1, 0.15) is 6.61 Å². The van der Waals surface area contributed by atoms with Crippen LogP contribution in [0.15, 0.2) is 42.5 Å². The van der Waals surface area contributed by atoms with Crippen LogP contribution in [0.4, 0.5) is 4.79 Å². The van der Waals surface area contributed by atoms with Crippen LogP contribution in [-0.4, -0.2) is 37.7 Å². The number of carbonyl (C=O) groups excluding carboxylic acids is 3. The number of carbonyl (C=O) groups is 3. The highest BCUT2D eigenvalue weighted by atomic mass is 35.5. The van der Waals surface area contributed by atoms with E-state index in [1.54, 1.807) is 19.1 Å². The lowest BCUT2D eigenvalue weighted by atomic mass is 10.2. The molecule has 9 heteroatoms. The molecule has 0 spiro atoms. The van der Waals surface area contributed by atoms with Gasteiger partial charge >= 0.3 is 12.0 Å². The van der Waals surface area contributed by atoms with Crippen LogP contribution >= 0.6 is 11.6 Å². The molecule has 2 N–H and O–H groups in total. The number of benzene rings is 2. The summed E-state index contributed by atoms with van der Waals surface area (Å²) < 4.78 is 16.2. The fourth-order valence-corrected chi connectivity index (χ4v) is 2.58. The summed E-state index contributed by atoms with van der Waals surface area (Å²) in [6, 6.07) is 11.1. The van der Waals surface area contributed by atoms with Crippen LogP contribution in [0.3, 0.4) is 0 Å². The first-order valence-corrected chi connectivity index (χ1v) is 9.57. The Hall–Kier alpha value is -3.26. The highest BCUT2D eigenvalue weighted by molar-refractivity contribution is 6.31. The molecule has 0 aliphatic heterocycles. The molecule has 2 aromatic carbocycles. The smallest absolute Gasteiger partial charge is 0.339 e. The van der Waals surface area contributed by atoms with Crippen LogP contribution < -0.4 is 20.1 Å². The van der Waals surface area contributed by atoms with E-state index in [-0.39, 0.29) is 12.2 Å². The summed E-state index contributed by atoms with van der Waals surface area (Å²) in [7, 11) is 1.44. The monoisotopic (exact) mass is 434 g/mol. The molecule has 0 aromatic heterocycles. The molecule has 0 radical (unpaired) electrons. The lowest BCUT2D eigenvalue weighted by molar-refractivity contribution is -0.127. The second-order valence-corrected chi connectivity index (χ2v) is 6.55. The van der Waals surface area contributed by atoms with Gasteiger partial charge in [0.2, 0.25) is 0 Å². The molecule has 0 heterocycles. The normalized spacial score (nSPS) is 11.2. The Labute approximate surface area is 179 Å². The van der Waals surface area contributed by atoms with E-state index in [1.807, 2.05) is 18.2 Å². The van der Waals surface area contributed by atoms with Gasteiger partial charge in [0.15, 0.2) is 17.6 Å². The summed E-state index contributed by atoms with van der Waals surface area (Å²) >= 11 is 6.12. The minimum Gasteiger partial charge on any atom is -0.493 e. The Kier molecular flexibility index (Phi) is 8.49. The number of imide groups is 1. The van der Waals surface area contributed by atoms with Crippen molar-refractivity contribution in [1.29, 1.82) is 0 Å². The lowest BCUT2D eigenvalue weighted by Crippen LogP contribution is -2.44. The van der Waals surface area contributed by atoms with Crippen molar-refractivity contribution in [2.75, 3.05) is 13.7 Å². The summed E-state index contributed by atoms with van der Waals surface area (Å²) in [6.45, 7) is 3.66. The van der Waals surface area contributed by atoms with Crippen LogP contribution in [0, 0.1) is 0 Å². The van der Waals surface area contributed by atoms with Gasteiger partial charge in [-0.25, -0.2) is 9.59 Å². The van der Waals surface area contributed by atoms with Gasteiger partial charge < -0.3 is 19.5 Å². The van der Waals surface area contributed by atoms with Crippen LogP contribution in [0.2, 0.25) is 5.02 Å². The molecule has 1 atom stereocenters. The van der Waals surface area contributed by atoms with E-state index in [4.69, 9.17) is 25.8 Å². The molecule has 0 fully saturated rings. The number of hydrogen-bond acceptors (Lipinski definition) is 6. The number of halogens is 1. The van der Waals surface area contributed by atoms with Crippen molar-refractivity contribution in [3.63, 3.8) is 0 Å². The number of nitrogens with one attached hydrogen (secondary N) is 2. The molecular formula is C21H23ClN2O6. The van der Waals surface area contributed by atoms with Crippen molar-refractivity contribution >= 4 is 29.5 Å². The number of rotatable bonds is 8. The highest BCUT2D eigenvalue weighted by Crippen LogP contribution is 2.30. The van der Waals surface area contributed by atoms with Crippen LogP contribution in [0.5, 0.6) is 11.5 Å². The van der Waals surface area contributed by atoms with Gasteiger partial charge in [-0.15, -0.1) is 0 Å². The quantitative estimate of drug-likeness (QED) is 0.618. The molecule has 0 bridgehead atoms. The molecule has 0 aliphatic carbocycles.